The average molecular weight is 345 g/mol. The van der Waals surface area contributed by atoms with Crippen LogP contribution in [0, 0.1) is 6.92 Å². The summed E-state index contributed by atoms with van der Waals surface area (Å²) in [5.74, 6) is 6.64. The molecule has 1 aromatic carbocycles. The Morgan fingerprint density at radius 1 is 1.33 bits per heavy atom. The molecular formula is C17H23N5OS. The van der Waals surface area contributed by atoms with E-state index in [2.05, 4.69) is 33.7 Å². The van der Waals surface area contributed by atoms with Crippen molar-refractivity contribution >= 4 is 17.7 Å². The molecule has 3 N–H and O–H groups in total. The molecule has 1 amide bonds. The maximum Gasteiger partial charge on any atom is 0.230 e. The van der Waals surface area contributed by atoms with Crippen molar-refractivity contribution in [2.24, 2.45) is 0 Å². The Hall–Kier alpha value is -2.02. The van der Waals surface area contributed by atoms with Gasteiger partial charge in [0.25, 0.3) is 0 Å². The molecule has 0 saturated heterocycles. The first-order chi connectivity index (χ1) is 11.5. The van der Waals surface area contributed by atoms with E-state index in [-0.39, 0.29) is 17.7 Å². The van der Waals surface area contributed by atoms with Gasteiger partial charge in [-0.25, -0.2) is 4.68 Å². The first-order valence-corrected chi connectivity index (χ1v) is 9.24. The number of nitrogens with two attached hydrogens (primary N) is 1. The number of carbonyl (C=O) groups is 1. The highest BCUT2D eigenvalue weighted by atomic mass is 32.2. The van der Waals surface area contributed by atoms with Gasteiger partial charge in [-0.05, 0) is 56.2 Å². The van der Waals surface area contributed by atoms with Crippen molar-refractivity contribution in [3.05, 3.63) is 40.7 Å². The minimum absolute atomic E-state index is 0.0113. The molecule has 6 nitrogen and oxygen atoms in total. The lowest BCUT2D eigenvalue weighted by atomic mass is 9.89. The van der Waals surface area contributed by atoms with Crippen molar-refractivity contribution in [2.75, 3.05) is 11.6 Å². The topological polar surface area (TPSA) is 85.8 Å². The summed E-state index contributed by atoms with van der Waals surface area (Å²) in [6.07, 6.45) is 4.85. The average Bonchev–Trinajstić information content (AvgIpc) is 2.91. The second-order valence-corrected chi connectivity index (χ2v) is 7.16. The third kappa shape index (κ3) is 3.72. The summed E-state index contributed by atoms with van der Waals surface area (Å²) >= 11 is 1.29. The number of benzene rings is 1. The predicted octanol–water partition coefficient (Wildman–Crippen LogP) is 2.15. The van der Waals surface area contributed by atoms with Crippen LogP contribution in [0.2, 0.25) is 0 Å². The highest BCUT2D eigenvalue weighted by molar-refractivity contribution is 7.99. The van der Waals surface area contributed by atoms with E-state index in [0.29, 0.717) is 11.0 Å². The number of fused-ring (bicyclic) bond motifs is 1. The van der Waals surface area contributed by atoms with Gasteiger partial charge < -0.3 is 11.2 Å². The first kappa shape index (κ1) is 16.8. The van der Waals surface area contributed by atoms with E-state index in [0.717, 1.165) is 12.0 Å². The minimum atomic E-state index is -0.0362. The zero-order chi connectivity index (χ0) is 17.1. The molecule has 1 aromatic heterocycles. The van der Waals surface area contributed by atoms with Crippen molar-refractivity contribution in [3.63, 3.8) is 0 Å². The fourth-order valence-corrected chi connectivity index (χ4v) is 3.68. The summed E-state index contributed by atoms with van der Waals surface area (Å²) in [5, 5.41) is 11.4. The van der Waals surface area contributed by atoms with Crippen molar-refractivity contribution in [2.45, 2.75) is 50.7 Å². The monoisotopic (exact) mass is 345 g/mol. The molecule has 7 heteroatoms. The molecule has 0 radical (unpaired) electrons. The van der Waals surface area contributed by atoms with Crippen LogP contribution in [0.1, 0.15) is 48.3 Å². The van der Waals surface area contributed by atoms with Gasteiger partial charge in [0.15, 0.2) is 0 Å². The van der Waals surface area contributed by atoms with E-state index in [1.54, 1.807) is 6.92 Å². The van der Waals surface area contributed by atoms with E-state index in [9.17, 15) is 4.79 Å². The first-order valence-electron chi connectivity index (χ1n) is 8.25. The molecular weight excluding hydrogens is 322 g/mol. The number of amides is 1. The van der Waals surface area contributed by atoms with Gasteiger partial charge in [-0.15, -0.1) is 10.2 Å². The number of nitrogen functional groups attached to an aromatic ring is 1. The molecule has 128 valence electrons. The van der Waals surface area contributed by atoms with Crippen LogP contribution in [0.15, 0.2) is 23.4 Å². The number of aromatic nitrogens is 3. The SMILES string of the molecule is Cc1nnc(SCC(=O)N[C@H](C)c2ccc3c(c2)CCCC3)n1N. The van der Waals surface area contributed by atoms with Gasteiger partial charge in [0.2, 0.25) is 11.1 Å². The number of hydrogen-bond donors (Lipinski definition) is 2. The standard InChI is InChI=1S/C17H23N5OS/c1-11(14-8-7-13-5-3-4-6-15(13)9-14)19-16(23)10-24-17-21-20-12(2)22(17)18/h7-9,11H,3-6,10,18H2,1-2H3,(H,19,23)/t11-/m1/s1. The molecule has 2 aromatic rings. The van der Waals surface area contributed by atoms with Crippen LogP contribution >= 0.6 is 11.8 Å². The van der Waals surface area contributed by atoms with E-state index in [1.165, 1.54) is 46.8 Å². The highest BCUT2D eigenvalue weighted by Crippen LogP contribution is 2.25. The largest absolute Gasteiger partial charge is 0.349 e. The Bertz CT molecular complexity index is 743. The van der Waals surface area contributed by atoms with Crippen LogP contribution in [-0.4, -0.2) is 26.5 Å². The van der Waals surface area contributed by atoms with Gasteiger partial charge >= 0.3 is 0 Å². The Balaban J connectivity index is 1.57. The van der Waals surface area contributed by atoms with Crippen LogP contribution in [0.25, 0.3) is 0 Å². The smallest absolute Gasteiger partial charge is 0.230 e. The minimum Gasteiger partial charge on any atom is -0.349 e. The summed E-state index contributed by atoms with van der Waals surface area (Å²) in [5.41, 5.74) is 4.05. The molecule has 1 aliphatic carbocycles. The van der Waals surface area contributed by atoms with E-state index in [4.69, 9.17) is 5.84 Å². The van der Waals surface area contributed by atoms with Crippen LogP contribution in [0.3, 0.4) is 0 Å². The molecule has 24 heavy (non-hydrogen) atoms. The normalized spacial score (nSPS) is 14.9. The van der Waals surface area contributed by atoms with Gasteiger partial charge in [0.05, 0.1) is 11.8 Å². The number of nitrogens with zero attached hydrogens (tertiary/aromatic N) is 3. The molecule has 0 fully saturated rings. The van der Waals surface area contributed by atoms with Crippen LogP contribution in [0.4, 0.5) is 0 Å². The Kier molecular flexibility index (Phi) is 5.08. The predicted molar refractivity (Wildman–Crippen MR) is 95.3 cm³/mol. The third-order valence-electron chi connectivity index (χ3n) is 4.42. The fraction of sp³-hybridized carbons (Fsp3) is 0.471. The molecule has 0 bridgehead atoms. The Morgan fingerprint density at radius 3 is 2.79 bits per heavy atom. The molecule has 1 atom stereocenters. The maximum absolute atomic E-state index is 12.2. The number of rotatable bonds is 5. The fourth-order valence-electron chi connectivity index (χ4n) is 2.97. The zero-order valence-corrected chi connectivity index (χ0v) is 14.9. The molecule has 1 aliphatic rings. The summed E-state index contributed by atoms with van der Waals surface area (Å²) in [4.78, 5) is 12.2. The number of thioether (sulfide) groups is 1. The van der Waals surface area contributed by atoms with Crippen molar-refractivity contribution in [3.8, 4) is 0 Å². The van der Waals surface area contributed by atoms with Gasteiger partial charge in [-0.1, -0.05) is 30.0 Å². The van der Waals surface area contributed by atoms with Crippen LogP contribution in [-0.2, 0) is 17.6 Å². The van der Waals surface area contributed by atoms with E-state index < -0.39 is 0 Å². The van der Waals surface area contributed by atoms with Gasteiger partial charge in [0, 0.05) is 0 Å². The Morgan fingerprint density at radius 2 is 2.08 bits per heavy atom. The van der Waals surface area contributed by atoms with E-state index in [1.807, 2.05) is 6.92 Å². The van der Waals surface area contributed by atoms with Crippen molar-refractivity contribution < 1.29 is 4.79 Å². The lowest BCUT2D eigenvalue weighted by Gasteiger charge is -2.20. The summed E-state index contributed by atoms with van der Waals surface area (Å²) < 4.78 is 1.39. The second-order valence-electron chi connectivity index (χ2n) is 6.21. The summed E-state index contributed by atoms with van der Waals surface area (Å²) in [7, 11) is 0. The van der Waals surface area contributed by atoms with Crippen LogP contribution in [0.5, 0.6) is 0 Å². The highest BCUT2D eigenvalue weighted by Gasteiger charge is 2.15. The lowest BCUT2D eigenvalue weighted by Crippen LogP contribution is -2.28. The zero-order valence-electron chi connectivity index (χ0n) is 14.1. The molecule has 0 saturated carbocycles. The number of aryl methyl sites for hydroxylation is 3. The lowest BCUT2D eigenvalue weighted by molar-refractivity contribution is -0.119. The molecule has 0 aliphatic heterocycles. The molecule has 3 rings (SSSR count). The van der Waals surface area contributed by atoms with Crippen molar-refractivity contribution in [1.82, 2.24) is 20.2 Å². The second kappa shape index (κ2) is 7.25. The van der Waals surface area contributed by atoms with Gasteiger partial charge in [-0.3, -0.25) is 4.79 Å². The summed E-state index contributed by atoms with van der Waals surface area (Å²) in [6, 6.07) is 6.57. The van der Waals surface area contributed by atoms with Crippen LogP contribution < -0.4 is 11.2 Å². The number of nitrogens with one attached hydrogen (secondary N) is 1. The van der Waals surface area contributed by atoms with Gasteiger partial charge in [-0.2, -0.15) is 0 Å². The Labute approximate surface area is 146 Å². The van der Waals surface area contributed by atoms with Gasteiger partial charge in [0.1, 0.15) is 5.82 Å². The molecule has 0 unspecified atom stereocenters. The maximum atomic E-state index is 12.2. The quantitative estimate of drug-likeness (QED) is 0.640. The van der Waals surface area contributed by atoms with Crippen molar-refractivity contribution in [1.29, 1.82) is 0 Å². The third-order valence-corrected chi connectivity index (χ3v) is 5.36. The number of carbonyl (C=O) groups excluding carboxylic acids is 1. The summed E-state index contributed by atoms with van der Waals surface area (Å²) in [6.45, 7) is 3.79. The van der Waals surface area contributed by atoms with E-state index >= 15 is 0 Å². The molecule has 0 spiro atoms. The number of hydrogen-bond acceptors (Lipinski definition) is 5. The molecule has 1 heterocycles.